The summed E-state index contributed by atoms with van der Waals surface area (Å²) in [6.45, 7) is 2.98. The second-order valence-electron chi connectivity index (χ2n) is 11.0. The highest BCUT2D eigenvalue weighted by Crippen LogP contribution is 2.25. The van der Waals surface area contributed by atoms with E-state index in [1.807, 2.05) is 6.92 Å². The van der Waals surface area contributed by atoms with Crippen LogP contribution in [0.15, 0.2) is 0 Å². The van der Waals surface area contributed by atoms with Gasteiger partial charge < -0.3 is 45.1 Å². The van der Waals surface area contributed by atoms with Gasteiger partial charge in [0, 0.05) is 6.42 Å². The third-order valence-electron chi connectivity index (χ3n) is 7.33. The summed E-state index contributed by atoms with van der Waals surface area (Å²) in [7, 11) is 0. The van der Waals surface area contributed by atoms with Gasteiger partial charge in [-0.05, 0) is 26.2 Å². The number of aliphatic hydroxyl groups excluding tert-OH is 3. The monoisotopic (exact) mass is 605 g/mol. The molecule has 1 amide bonds. The van der Waals surface area contributed by atoms with Crippen LogP contribution in [-0.2, 0) is 33.4 Å². The third kappa shape index (κ3) is 15.8. The summed E-state index contributed by atoms with van der Waals surface area (Å²) < 4.78 is 16.5. The number of carbonyl (C=O) groups is 4. The zero-order valence-electron chi connectivity index (χ0n) is 24.9. The number of hydrogen-bond donors (Lipinski definition) is 6. The highest BCUT2D eigenvalue weighted by Gasteiger charge is 2.45. The van der Waals surface area contributed by atoms with Crippen LogP contribution in [0, 0.1) is 0 Å². The SMILES string of the molecule is CCC(CCCCCCCCCCCCC(=O)NC(C)C(=O)O)OC1OC(COC(=O)CCC(=O)O)C(O)C(O)C1O. The zero-order chi connectivity index (χ0) is 31.5. The average Bonchev–Trinajstić information content (AvgIpc) is 2.95. The summed E-state index contributed by atoms with van der Waals surface area (Å²) in [6, 6.07) is -0.863. The number of carboxylic acids is 2. The van der Waals surface area contributed by atoms with Crippen LogP contribution in [0.5, 0.6) is 0 Å². The molecule has 1 saturated heterocycles. The van der Waals surface area contributed by atoms with Gasteiger partial charge in [-0.3, -0.25) is 19.2 Å². The first kappa shape index (κ1) is 37.7. The molecule has 13 heteroatoms. The highest BCUT2D eigenvalue weighted by molar-refractivity contribution is 5.83. The molecule has 244 valence electrons. The van der Waals surface area contributed by atoms with Crippen LogP contribution >= 0.6 is 0 Å². The molecule has 13 nitrogen and oxygen atoms in total. The Morgan fingerprint density at radius 2 is 1.36 bits per heavy atom. The van der Waals surface area contributed by atoms with Crippen molar-refractivity contribution in [3.63, 3.8) is 0 Å². The molecular formula is C29H51NO12. The van der Waals surface area contributed by atoms with Gasteiger partial charge in [0.25, 0.3) is 0 Å². The Morgan fingerprint density at radius 1 is 0.786 bits per heavy atom. The van der Waals surface area contributed by atoms with Gasteiger partial charge >= 0.3 is 17.9 Å². The molecule has 1 aliphatic heterocycles. The fourth-order valence-electron chi connectivity index (χ4n) is 4.63. The minimum atomic E-state index is -1.56. The van der Waals surface area contributed by atoms with Gasteiger partial charge in [0.1, 0.15) is 37.1 Å². The lowest BCUT2D eigenvalue weighted by molar-refractivity contribution is -0.312. The van der Waals surface area contributed by atoms with E-state index in [2.05, 4.69) is 5.32 Å². The minimum Gasteiger partial charge on any atom is -0.481 e. The van der Waals surface area contributed by atoms with Gasteiger partial charge in [-0.15, -0.1) is 0 Å². The molecule has 1 rings (SSSR count). The Bertz CT molecular complexity index is 809. The standard InChI is InChI=1S/C29H51NO12/c1-3-20(14-12-10-8-6-4-5-7-9-11-13-15-22(31)30-19(2)28(38)39)41-29-27(37)26(36)25(35)21(42-29)18-40-24(34)17-16-23(32)33/h19-21,25-27,29,35-37H,3-18H2,1-2H3,(H,30,31)(H,32,33)(H,38,39). The second kappa shape index (κ2) is 21.4. The number of amides is 1. The largest absolute Gasteiger partial charge is 0.481 e. The Labute approximate surface area is 247 Å². The smallest absolute Gasteiger partial charge is 0.325 e. The van der Waals surface area contributed by atoms with Crippen molar-refractivity contribution in [2.45, 2.75) is 153 Å². The number of hydrogen-bond acceptors (Lipinski definition) is 10. The molecule has 0 aromatic carbocycles. The average molecular weight is 606 g/mol. The summed E-state index contributed by atoms with van der Waals surface area (Å²) in [5, 5.41) is 50.7. The van der Waals surface area contributed by atoms with E-state index < -0.39 is 61.3 Å². The van der Waals surface area contributed by atoms with Crippen molar-refractivity contribution < 1.29 is 58.9 Å². The van der Waals surface area contributed by atoms with Gasteiger partial charge in [0.05, 0.1) is 18.9 Å². The fraction of sp³-hybridized carbons (Fsp3) is 0.862. The van der Waals surface area contributed by atoms with E-state index >= 15 is 0 Å². The van der Waals surface area contributed by atoms with Gasteiger partial charge in [-0.25, -0.2) is 0 Å². The van der Waals surface area contributed by atoms with Crippen LogP contribution in [0.4, 0.5) is 0 Å². The van der Waals surface area contributed by atoms with Crippen molar-refractivity contribution >= 4 is 23.8 Å². The number of aliphatic carboxylic acids is 2. The topological polar surface area (TPSA) is 209 Å². The first-order valence-corrected chi connectivity index (χ1v) is 15.2. The molecule has 0 saturated carbocycles. The molecule has 1 heterocycles. The highest BCUT2D eigenvalue weighted by atomic mass is 16.7. The fourth-order valence-corrected chi connectivity index (χ4v) is 4.63. The maximum atomic E-state index is 11.7. The molecule has 6 N–H and O–H groups in total. The van der Waals surface area contributed by atoms with Crippen molar-refractivity contribution in [3.8, 4) is 0 Å². The van der Waals surface area contributed by atoms with E-state index in [1.165, 1.54) is 6.92 Å². The predicted molar refractivity (Wildman–Crippen MR) is 150 cm³/mol. The van der Waals surface area contributed by atoms with Crippen molar-refractivity contribution in [1.82, 2.24) is 5.32 Å². The van der Waals surface area contributed by atoms with Crippen LogP contribution in [0.3, 0.4) is 0 Å². The molecule has 42 heavy (non-hydrogen) atoms. The van der Waals surface area contributed by atoms with Crippen molar-refractivity contribution in [2.24, 2.45) is 0 Å². The maximum Gasteiger partial charge on any atom is 0.325 e. The lowest BCUT2D eigenvalue weighted by Crippen LogP contribution is -2.60. The van der Waals surface area contributed by atoms with Crippen LogP contribution in [0.25, 0.3) is 0 Å². The van der Waals surface area contributed by atoms with Crippen LogP contribution in [-0.4, -0.2) is 98.8 Å². The molecule has 7 unspecified atom stereocenters. The summed E-state index contributed by atoms with van der Waals surface area (Å²) in [5.41, 5.74) is 0. The quantitative estimate of drug-likeness (QED) is 0.0732. The normalized spacial score (nSPS) is 23.6. The number of nitrogens with one attached hydrogen (secondary N) is 1. The summed E-state index contributed by atoms with van der Waals surface area (Å²) in [4.78, 5) is 44.7. The molecule has 0 spiro atoms. The van der Waals surface area contributed by atoms with Gasteiger partial charge in [0.2, 0.25) is 5.91 Å². The molecule has 1 fully saturated rings. The Kier molecular flexibility index (Phi) is 19.2. The van der Waals surface area contributed by atoms with Crippen LogP contribution in [0.1, 0.15) is 110 Å². The minimum absolute atomic E-state index is 0.224. The maximum absolute atomic E-state index is 11.7. The summed E-state index contributed by atoms with van der Waals surface area (Å²) >= 11 is 0. The van der Waals surface area contributed by atoms with E-state index in [4.69, 9.17) is 24.4 Å². The number of rotatable bonds is 23. The lowest BCUT2D eigenvalue weighted by atomic mass is 9.99. The molecule has 7 atom stereocenters. The van der Waals surface area contributed by atoms with Gasteiger partial charge in [-0.1, -0.05) is 64.7 Å². The first-order valence-electron chi connectivity index (χ1n) is 15.2. The number of esters is 1. The molecular weight excluding hydrogens is 554 g/mol. The first-order chi connectivity index (χ1) is 20.0. The van der Waals surface area contributed by atoms with E-state index in [-0.39, 0.29) is 24.9 Å². The van der Waals surface area contributed by atoms with Gasteiger partial charge in [0.15, 0.2) is 6.29 Å². The van der Waals surface area contributed by atoms with E-state index in [9.17, 15) is 34.5 Å². The van der Waals surface area contributed by atoms with Crippen molar-refractivity contribution in [3.05, 3.63) is 0 Å². The number of ether oxygens (including phenoxy) is 3. The molecule has 0 aliphatic carbocycles. The summed E-state index contributed by atoms with van der Waals surface area (Å²) in [5.74, 6) is -3.18. The Morgan fingerprint density at radius 3 is 1.90 bits per heavy atom. The Balaban J connectivity index is 2.19. The molecule has 0 aromatic heterocycles. The third-order valence-corrected chi connectivity index (χ3v) is 7.33. The van der Waals surface area contributed by atoms with E-state index in [0.717, 1.165) is 70.6 Å². The van der Waals surface area contributed by atoms with Gasteiger partial charge in [-0.2, -0.15) is 0 Å². The number of aliphatic hydroxyl groups is 3. The van der Waals surface area contributed by atoms with Crippen molar-refractivity contribution in [2.75, 3.05) is 6.61 Å². The van der Waals surface area contributed by atoms with Crippen LogP contribution in [0.2, 0.25) is 0 Å². The zero-order valence-corrected chi connectivity index (χ0v) is 24.9. The second-order valence-corrected chi connectivity index (χ2v) is 11.0. The predicted octanol–water partition coefficient (Wildman–Crippen LogP) is 2.27. The summed E-state index contributed by atoms with van der Waals surface area (Å²) in [6.07, 6.45) is 4.14. The van der Waals surface area contributed by atoms with Crippen LogP contribution < -0.4 is 5.32 Å². The van der Waals surface area contributed by atoms with Crippen molar-refractivity contribution in [1.29, 1.82) is 0 Å². The number of carboxylic acid groups (broad SMARTS) is 2. The molecule has 0 radical (unpaired) electrons. The molecule has 0 aromatic rings. The molecule has 0 bridgehead atoms. The number of unbranched alkanes of at least 4 members (excludes halogenated alkanes) is 9. The number of carbonyl (C=O) groups excluding carboxylic acids is 2. The lowest BCUT2D eigenvalue weighted by Gasteiger charge is -2.41. The van der Waals surface area contributed by atoms with E-state index in [0.29, 0.717) is 12.8 Å². The van der Waals surface area contributed by atoms with E-state index in [1.54, 1.807) is 0 Å². The molecule has 1 aliphatic rings. The Hall–Kier alpha value is -2.32.